The molecule has 2 aromatic rings. The molecule has 0 unspecified atom stereocenters. The van der Waals surface area contributed by atoms with Crippen LogP contribution in [0.1, 0.15) is 28.9 Å². The third-order valence-electron chi connectivity index (χ3n) is 4.16. The zero-order chi connectivity index (χ0) is 17.1. The number of aryl methyl sites for hydroxylation is 1. The van der Waals surface area contributed by atoms with Crippen LogP contribution in [-0.4, -0.2) is 28.3 Å². The Morgan fingerprint density at radius 2 is 2.12 bits per heavy atom. The van der Waals surface area contributed by atoms with Gasteiger partial charge in [-0.15, -0.1) is 0 Å². The highest BCUT2D eigenvalue weighted by molar-refractivity contribution is 6.05. The average molecular weight is 328 g/mol. The van der Waals surface area contributed by atoms with E-state index in [4.69, 9.17) is 4.74 Å². The van der Waals surface area contributed by atoms with Crippen LogP contribution in [0.4, 0.5) is 5.69 Å². The van der Waals surface area contributed by atoms with E-state index in [2.05, 4.69) is 5.32 Å². The number of pyridine rings is 1. The van der Waals surface area contributed by atoms with E-state index in [1.165, 1.54) is 10.6 Å². The lowest BCUT2D eigenvalue weighted by molar-refractivity contribution is 0.0946. The number of hydrogen-bond acceptors (Lipinski definition) is 4. The maximum absolute atomic E-state index is 12.7. The molecule has 6 nitrogen and oxygen atoms in total. The van der Waals surface area contributed by atoms with E-state index < -0.39 is 11.5 Å². The Morgan fingerprint density at radius 3 is 2.79 bits per heavy atom. The van der Waals surface area contributed by atoms with Gasteiger partial charge >= 0.3 is 0 Å². The zero-order valence-corrected chi connectivity index (χ0v) is 13.5. The van der Waals surface area contributed by atoms with Gasteiger partial charge < -0.3 is 19.7 Å². The minimum atomic E-state index is -0.621. The Hall–Kier alpha value is -2.60. The molecule has 0 bridgehead atoms. The molecule has 1 fully saturated rings. The van der Waals surface area contributed by atoms with Crippen molar-refractivity contribution in [2.75, 3.05) is 11.9 Å². The van der Waals surface area contributed by atoms with Gasteiger partial charge in [-0.25, -0.2) is 0 Å². The number of hydrogen-bond donors (Lipinski definition) is 2. The van der Waals surface area contributed by atoms with Crippen LogP contribution in [-0.2, 0) is 11.3 Å². The SMILES string of the molecule is Cc1cc(O)c(C(=O)Nc2ccccc2)c(=O)n1C[C@H]1CCCO1. The molecule has 1 saturated heterocycles. The molecule has 2 N–H and O–H groups in total. The van der Waals surface area contributed by atoms with Crippen LogP contribution in [0.3, 0.4) is 0 Å². The van der Waals surface area contributed by atoms with Crippen molar-refractivity contribution >= 4 is 11.6 Å². The summed E-state index contributed by atoms with van der Waals surface area (Å²) >= 11 is 0. The smallest absolute Gasteiger partial charge is 0.267 e. The predicted octanol–water partition coefficient (Wildman–Crippen LogP) is 2.29. The van der Waals surface area contributed by atoms with Crippen molar-refractivity contribution in [3.63, 3.8) is 0 Å². The number of carbonyl (C=O) groups is 1. The van der Waals surface area contributed by atoms with Crippen LogP contribution in [0.25, 0.3) is 0 Å². The van der Waals surface area contributed by atoms with Crippen LogP contribution in [0.15, 0.2) is 41.2 Å². The van der Waals surface area contributed by atoms with Crippen molar-refractivity contribution in [1.29, 1.82) is 0 Å². The normalized spacial score (nSPS) is 17.0. The zero-order valence-electron chi connectivity index (χ0n) is 13.5. The van der Waals surface area contributed by atoms with Crippen molar-refractivity contribution in [2.24, 2.45) is 0 Å². The molecule has 1 amide bonds. The van der Waals surface area contributed by atoms with Gasteiger partial charge in [0.15, 0.2) is 0 Å². The molecule has 1 aromatic heterocycles. The quantitative estimate of drug-likeness (QED) is 0.902. The number of ether oxygens (including phenoxy) is 1. The fraction of sp³-hybridized carbons (Fsp3) is 0.333. The molecule has 24 heavy (non-hydrogen) atoms. The van der Waals surface area contributed by atoms with E-state index in [1.807, 2.05) is 6.07 Å². The number of nitrogens with zero attached hydrogens (tertiary/aromatic N) is 1. The first-order valence-electron chi connectivity index (χ1n) is 7.97. The van der Waals surface area contributed by atoms with Crippen molar-refractivity contribution in [3.8, 4) is 5.75 Å². The molecule has 1 atom stereocenters. The van der Waals surface area contributed by atoms with Crippen LogP contribution in [0.2, 0.25) is 0 Å². The largest absolute Gasteiger partial charge is 0.507 e. The van der Waals surface area contributed by atoms with Crippen LogP contribution in [0, 0.1) is 6.92 Å². The Bertz CT molecular complexity index is 793. The molecule has 1 aromatic carbocycles. The minimum absolute atomic E-state index is 0.0315. The number of amides is 1. The summed E-state index contributed by atoms with van der Waals surface area (Å²) in [5, 5.41) is 12.7. The summed E-state index contributed by atoms with van der Waals surface area (Å²) in [6.07, 6.45) is 1.83. The molecule has 6 heteroatoms. The second-order valence-corrected chi connectivity index (χ2v) is 5.92. The summed E-state index contributed by atoms with van der Waals surface area (Å²) in [6.45, 7) is 2.81. The van der Waals surface area contributed by atoms with Crippen molar-refractivity contribution in [1.82, 2.24) is 4.57 Å². The Labute approximate surface area is 139 Å². The molecule has 126 valence electrons. The molecule has 1 aliphatic heterocycles. The minimum Gasteiger partial charge on any atom is -0.507 e. The number of nitrogens with one attached hydrogen (secondary N) is 1. The maximum atomic E-state index is 12.7. The Kier molecular flexibility index (Phi) is 4.66. The molecule has 2 heterocycles. The Balaban J connectivity index is 1.92. The summed E-state index contributed by atoms with van der Waals surface area (Å²) in [5.41, 5.74) is 0.413. The number of anilines is 1. The number of para-hydroxylation sites is 1. The average Bonchev–Trinajstić information content (AvgIpc) is 3.05. The van der Waals surface area contributed by atoms with Gasteiger partial charge in [-0.3, -0.25) is 9.59 Å². The van der Waals surface area contributed by atoms with Crippen LogP contribution >= 0.6 is 0 Å². The van der Waals surface area contributed by atoms with Crippen molar-refractivity contribution < 1.29 is 14.6 Å². The summed E-state index contributed by atoms with van der Waals surface area (Å²) in [6, 6.07) is 10.3. The highest BCUT2D eigenvalue weighted by Crippen LogP contribution is 2.19. The monoisotopic (exact) mass is 328 g/mol. The van der Waals surface area contributed by atoms with Gasteiger partial charge in [0.05, 0.1) is 12.6 Å². The van der Waals surface area contributed by atoms with E-state index in [-0.39, 0.29) is 17.4 Å². The van der Waals surface area contributed by atoms with Gasteiger partial charge in [0, 0.05) is 24.1 Å². The van der Waals surface area contributed by atoms with E-state index in [0.717, 1.165) is 12.8 Å². The van der Waals surface area contributed by atoms with Gasteiger partial charge in [-0.1, -0.05) is 18.2 Å². The molecule has 0 radical (unpaired) electrons. The molecule has 0 aliphatic carbocycles. The standard InChI is InChI=1S/C18H20N2O4/c1-12-10-15(21)16(17(22)19-13-6-3-2-4-7-13)18(23)20(12)11-14-8-5-9-24-14/h2-4,6-7,10,14,21H,5,8-9,11H2,1H3,(H,19,22)/t14-/m1/s1. The van der Waals surface area contributed by atoms with E-state index in [9.17, 15) is 14.7 Å². The lowest BCUT2D eigenvalue weighted by Crippen LogP contribution is -2.33. The Morgan fingerprint density at radius 1 is 1.38 bits per heavy atom. The van der Waals surface area contributed by atoms with Gasteiger partial charge in [0.2, 0.25) is 0 Å². The van der Waals surface area contributed by atoms with Gasteiger partial charge in [0.1, 0.15) is 11.3 Å². The summed E-state index contributed by atoms with van der Waals surface area (Å²) in [7, 11) is 0. The maximum Gasteiger partial charge on any atom is 0.267 e. The first-order chi connectivity index (χ1) is 11.6. The van der Waals surface area contributed by atoms with Crippen molar-refractivity contribution in [3.05, 3.63) is 58.0 Å². The van der Waals surface area contributed by atoms with Gasteiger partial charge in [-0.2, -0.15) is 0 Å². The van der Waals surface area contributed by atoms with Crippen LogP contribution in [0.5, 0.6) is 5.75 Å². The summed E-state index contributed by atoms with van der Waals surface area (Å²) in [4.78, 5) is 25.2. The topological polar surface area (TPSA) is 80.6 Å². The predicted molar refractivity (Wildman–Crippen MR) is 90.5 cm³/mol. The van der Waals surface area contributed by atoms with Crippen LogP contribution < -0.4 is 10.9 Å². The fourth-order valence-corrected chi connectivity index (χ4v) is 2.90. The molecule has 0 spiro atoms. The fourth-order valence-electron chi connectivity index (χ4n) is 2.90. The number of aromatic nitrogens is 1. The second kappa shape index (κ2) is 6.88. The molecule has 0 saturated carbocycles. The highest BCUT2D eigenvalue weighted by atomic mass is 16.5. The van der Waals surface area contributed by atoms with Gasteiger partial charge in [-0.05, 0) is 31.9 Å². The number of aromatic hydroxyl groups is 1. The van der Waals surface area contributed by atoms with Crippen molar-refractivity contribution in [2.45, 2.75) is 32.4 Å². The van der Waals surface area contributed by atoms with E-state index in [1.54, 1.807) is 31.2 Å². The van der Waals surface area contributed by atoms with E-state index in [0.29, 0.717) is 24.5 Å². The molecular formula is C18H20N2O4. The highest BCUT2D eigenvalue weighted by Gasteiger charge is 2.23. The third kappa shape index (κ3) is 3.33. The summed E-state index contributed by atoms with van der Waals surface area (Å²) in [5.74, 6) is -0.931. The second-order valence-electron chi connectivity index (χ2n) is 5.92. The lowest BCUT2D eigenvalue weighted by atomic mass is 10.1. The number of benzene rings is 1. The number of rotatable bonds is 4. The molecular weight excluding hydrogens is 308 g/mol. The van der Waals surface area contributed by atoms with Gasteiger partial charge in [0.25, 0.3) is 11.5 Å². The first-order valence-corrected chi connectivity index (χ1v) is 7.97. The lowest BCUT2D eigenvalue weighted by Gasteiger charge is -2.16. The first kappa shape index (κ1) is 16.3. The summed E-state index contributed by atoms with van der Waals surface area (Å²) < 4.78 is 7.07. The number of carbonyl (C=O) groups excluding carboxylic acids is 1. The molecule has 1 aliphatic rings. The third-order valence-corrected chi connectivity index (χ3v) is 4.16. The molecule has 3 rings (SSSR count). The van der Waals surface area contributed by atoms with E-state index >= 15 is 0 Å².